The maximum atomic E-state index is 12.8. The van der Waals surface area contributed by atoms with E-state index in [-0.39, 0.29) is 10.1 Å². The van der Waals surface area contributed by atoms with Crippen LogP contribution in [0.4, 0.5) is 5.13 Å². The number of thioether (sulfide) groups is 1. The third-order valence-corrected chi connectivity index (χ3v) is 9.33. The molecule has 4 rings (SSSR count). The smallest absolute Gasteiger partial charge is 0.253 e. The number of rotatable bonds is 5. The lowest BCUT2D eigenvalue weighted by Gasteiger charge is -2.22. The van der Waals surface area contributed by atoms with Crippen LogP contribution < -0.4 is 5.32 Å². The molecule has 1 aromatic carbocycles. The molecule has 27 heavy (non-hydrogen) atoms. The molecule has 1 aliphatic heterocycles. The van der Waals surface area contributed by atoms with E-state index in [2.05, 4.69) is 10.3 Å². The van der Waals surface area contributed by atoms with Gasteiger partial charge < -0.3 is 5.32 Å². The third-order valence-electron chi connectivity index (χ3n) is 4.39. The van der Waals surface area contributed by atoms with Gasteiger partial charge in [0.15, 0.2) is 5.13 Å². The highest BCUT2D eigenvalue weighted by atomic mass is 32.2. The van der Waals surface area contributed by atoms with E-state index in [0.717, 1.165) is 15.1 Å². The molecule has 6 nitrogen and oxygen atoms in total. The molecule has 2 aromatic heterocycles. The van der Waals surface area contributed by atoms with E-state index in [0.29, 0.717) is 24.5 Å². The molecule has 0 bridgehead atoms. The molecule has 1 N–H and O–H groups in total. The van der Waals surface area contributed by atoms with Crippen LogP contribution in [-0.4, -0.2) is 42.5 Å². The Bertz CT molecular complexity index is 1080. The molecular formula is C17H17N3O3S4. The van der Waals surface area contributed by atoms with Gasteiger partial charge in [-0.3, -0.25) is 4.79 Å². The van der Waals surface area contributed by atoms with Gasteiger partial charge in [0.05, 0.1) is 10.2 Å². The third kappa shape index (κ3) is 3.64. The van der Waals surface area contributed by atoms with Crippen LogP contribution in [0.5, 0.6) is 0 Å². The summed E-state index contributed by atoms with van der Waals surface area (Å²) in [6.45, 7) is 0.356. The molecule has 0 aliphatic carbocycles. The van der Waals surface area contributed by atoms with Crippen LogP contribution in [0.15, 0.2) is 44.8 Å². The Hall–Kier alpha value is -1.46. The van der Waals surface area contributed by atoms with Crippen molar-refractivity contribution in [3.8, 4) is 0 Å². The summed E-state index contributed by atoms with van der Waals surface area (Å²) in [7, 11) is -3.64. The van der Waals surface area contributed by atoms with Crippen molar-refractivity contribution in [2.24, 2.45) is 0 Å². The molecule has 0 radical (unpaired) electrons. The maximum absolute atomic E-state index is 12.8. The summed E-state index contributed by atoms with van der Waals surface area (Å²) < 4.78 is 28.2. The van der Waals surface area contributed by atoms with Crippen molar-refractivity contribution >= 4 is 65.7 Å². The molecular weight excluding hydrogens is 422 g/mol. The summed E-state index contributed by atoms with van der Waals surface area (Å²) in [5.41, 5.74) is 0.822. The van der Waals surface area contributed by atoms with Gasteiger partial charge in [-0.1, -0.05) is 17.4 Å². The zero-order valence-corrected chi connectivity index (χ0v) is 17.7. The minimum Gasteiger partial charge on any atom is -0.301 e. The summed E-state index contributed by atoms with van der Waals surface area (Å²) in [5, 5.41) is 5.04. The number of fused-ring (bicyclic) bond motifs is 1. The number of aromatic nitrogens is 1. The Morgan fingerprint density at radius 1 is 1.37 bits per heavy atom. The van der Waals surface area contributed by atoms with Crippen LogP contribution >= 0.6 is 34.4 Å². The topological polar surface area (TPSA) is 79.4 Å². The zero-order chi connectivity index (χ0) is 19.0. The number of nitrogens with one attached hydrogen (secondary N) is 1. The van der Waals surface area contributed by atoms with Gasteiger partial charge in [-0.05, 0) is 48.7 Å². The van der Waals surface area contributed by atoms with E-state index < -0.39 is 16.1 Å². The minimum atomic E-state index is -3.64. The number of sulfonamides is 1. The summed E-state index contributed by atoms with van der Waals surface area (Å²) in [6.07, 6.45) is 3.19. The lowest BCUT2D eigenvalue weighted by Crippen LogP contribution is -2.42. The number of thiazole rings is 1. The van der Waals surface area contributed by atoms with Gasteiger partial charge in [-0.25, -0.2) is 13.4 Å². The lowest BCUT2D eigenvalue weighted by atomic mass is 10.2. The Morgan fingerprint density at radius 2 is 2.22 bits per heavy atom. The van der Waals surface area contributed by atoms with Crippen molar-refractivity contribution in [2.45, 2.75) is 28.0 Å². The Labute approximate surface area is 169 Å². The fourth-order valence-electron chi connectivity index (χ4n) is 3.09. The largest absolute Gasteiger partial charge is 0.301 e. The first-order valence-electron chi connectivity index (χ1n) is 8.30. The molecule has 10 heteroatoms. The van der Waals surface area contributed by atoms with Crippen molar-refractivity contribution in [3.63, 3.8) is 0 Å². The second-order valence-electron chi connectivity index (χ2n) is 6.05. The molecule has 0 unspecified atom stereocenters. The number of nitrogens with zero attached hydrogens (tertiary/aromatic N) is 2. The number of carbonyl (C=O) groups excluding carboxylic acids is 1. The van der Waals surface area contributed by atoms with E-state index >= 15 is 0 Å². The highest BCUT2D eigenvalue weighted by molar-refractivity contribution is 7.98. The number of amides is 1. The van der Waals surface area contributed by atoms with E-state index in [4.69, 9.17) is 0 Å². The molecule has 0 spiro atoms. The van der Waals surface area contributed by atoms with Crippen molar-refractivity contribution in [2.75, 3.05) is 18.1 Å². The molecule has 142 valence electrons. The van der Waals surface area contributed by atoms with Crippen molar-refractivity contribution in [1.29, 1.82) is 0 Å². The highest BCUT2D eigenvalue weighted by Crippen LogP contribution is 2.32. The average molecular weight is 440 g/mol. The van der Waals surface area contributed by atoms with Gasteiger partial charge in [0.1, 0.15) is 10.3 Å². The predicted molar refractivity (Wildman–Crippen MR) is 111 cm³/mol. The number of anilines is 1. The quantitative estimate of drug-likeness (QED) is 0.611. The van der Waals surface area contributed by atoms with E-state index in [1.165, 1.54) is 27.0 Å². The van der Waals surface area contributed by atoms with Gasteiger partial charge in [-0.2, -0.15) is 4.31 Å². The summed E-state index contributed by atoms with van der Waals surface area (Å²) in [4.78, 5) is 18.4. The molecule has 3 aromatic rings. The molecule has 1 atom stereocenters. The molecule has 3 heterocycles. The van der Waals surface area contributed by atoms with E-state index in [1.807, 2.05) is 24.5 Å². The Morgan fingerprint density at radius 3 is 2.96 bits per heavy atom. The molecule has 1 saturated heterocycles. The van der Waals surface area contributed by atoms with Gasteiger partial charge in [0.2, 0.25) is 5.91 Å². The van der Waals surface area contributed by atoms with Crippen LogP contribution in [0.1, 0.15) is 12.8 Å². The predicted octanol–water partition coefficient (Wildman–Crippen LogP) is 3.87. The minimum absolute atomic E-state index is 0.270. The van der Waals surface area contributed by atoms with Crippen LogP contribution in [0.3, 0.4) is 0 Å². The Kier molecular flexibility index (Phi) is 5.26. The van der Waals surface area contributed by atoms with E-state index in [1.54, 1.807) is 29.3 Å². The van der Waals surface area contributed by atoms with Crippen LogP contribution in [0.2, 0.25) is 0 Å². The normalized spacial score (nSPS) is 18.2. The van der Waals surface area contributed by atoms with Gasteiger partial charge >= 0.3 is 0 Å². The van der Waals surface area contributed by atoms with Gasteiger partial charge in [0.25, 0.3) is 10.0 Å². The number of hydrogen-bond donors (Lipinski definition) is 1. The SMILES string of the molecule is CSc1ccc2nc(NC(=O)[C@@H]3CCCN3S(=O)(=O)c3cccs3)sc2c1. The average Bonchev–Trinajstić information content (AvgIpc) is 3.39. The van der Waals surface area contributed by atoms with Crippen molar-refractivity contribution < 1.29 is 13.2 Å². The lowest BCUT2D eigenvalue weighted by molar-refractivity contribution is -0.119. The Balaban J connectivity index is 1.55. The summed E-state index contributed by atoms with van der Waals surface area (Å²) in [6, 6.07) is 8.53. The van der Waals surface area contributed by atoms with Crippen molar-refractivity contribution in [3.05, 3.63) is 35.7 Å². The molecule has 1 amide bonds. The number of benzene rings is 1. The van der Waals surface area contributed by atoms with Crippen molar-refractivity contribution in [1.82, 2.24) is 9.29 Å². The van der Waals surface area contributed by atoms with Crippen LogP contribution in [-0.2, 0) is 14.8 Å². The zero-order valence-electron chi connectivity index (χ0n) is 14.4. The molecule has 1 aliphatic rings. The van der Waals surface area contributed by atoms with Crippen LogP contribution in [0, 0.1) is 0 Å². The number of carbonyl (C=O) groups is 1. The second kappa shape index (κ2) is 7.51. The maximum Gasteiger partial charge on any atom is 0.253 e. The molecule has 0 saturated carbocycles. The standard InChI is InChI=1S/C17H17N3O3S4/c1-24-11-6-7-12-14(10-11)26-17(18-12)19-16(21)13-4-2-8-20(13)27(22,23)15-5-3-9-25-15/h3,5-7,9-10,13H,2,4,8H2,1H3,(H,18,19,21)/t13-/m0/s1. The second-order valence-corrected chi connectivity index (χ2v) is 11.0. The van der Waals surface area contributed by atoms with Gasteiger partial charge in [-0.15, -0.1) is 23.1 Å². The van der Waals surface area contributed by atoms with Crippen LogP contribution in [0.25, 0.3) is 10.2 Å². The monoisotopic (exact) mass is 439 g/mol. The number of hydrogen-bond acceptors (Lipinski definition) is 7. The van der Waals surface area contributed by atoms with E-state index in [9.17, 15) is 13.2 Å². The summed E-state index contributed by atoms with van der Waals surface area (Å²) in [5.74, 6) is -0.322. The highest BCUT2D eigenvalue weighted by Gasteiger charge is 2.40. The molecule has 1 fully saturated rings. The van der Waals surface area contributed by atoms with Gasteiger partial charge in [0, 0.05) is 11.4 Å². The first-order valence-corrected chi connectivity index (χ1v) is 12.7. The fourth-order valence-corrected chi connectivity index (χ4v) is 7.29. The first kappa shape index (κ1) is 18.9. The first-order chi connectivity index (χ1) is 13.0. The fraction of sp³-hybridized carbons (Fsp3) is 0.294. The number of thiophene rings is 1. The summed E-state index contributed by atoms with van der Waals surface area (Å²) >= 11 is 4.21.